The molecule has 64 valence electrons. The van der Waals surface area contributed by atoms with Crippen molar-refractivity contribution in [2.75, 3.05) is 0 Å². The zero-order valence-electron chi connectivity index (χ0n) is 5.80. The van der Waals surface area contributed by atoms with Crippen molar-refractivity contribution in [1.82, 2.24) is 0 Å². The van der Waals surface area contributed by atoms with Gasteiger partial charge < -0.3 is 0 Å². The first kappa shape index (κ1) is 9.65. The number of rotatable bonds is 2. The number of benzene rings is 1. The number of nitrogens with zero attached hydrogens (tertiary/aromatic N) is 1. The maximum atomic E-state index is 5.79. The Hall–Kier alpha value is -0.440. The first-order valence-electron chi connectivity index (χ1n) is 3.00. The molecule has 1 aromatic rings. The molecule has 0 aliphatic heterocycles. The summed E-state index contributed by atoms with van der Waals surface area (Å²) in [6, 6.07) is 5.02. The van der Waals surface area contributed by atoms with Crippen molar-refractivity contribution in [3.8, 4) is 0 Å². The molecule has 0 N–H and O–H groups in total. The molecular weight excluding hydrogens is 220 g/mol. The molecule has 0 saturated carbocycles. The highest BCUT2D eigenvalue weighted by Gasteiger charge is 1.97. The summed E-state index contributed by atoms with van der Waals surface area (Å²) in [6.07, 6.45) is 1.39. The van der Waals surface area contributed by atoms with Crippen LogP contribution in [0.25, 0.3) is 0 Å². The predicted octanol–water partition coefficient (Wildman–Crippen LogP) is 3.50. The maximum Gasteiger partial charge on any atom is 0.167 e. The fraction of sp³-hybridized carbons (Fsp3) is 0. The summed E-state index contributed by atoms with van der Waals surface area (Å²) in [7, 11) is 0. The fourth-order valence-electron chi connectivity index (χ4n) is 0.683. The molecule has 0 aliphatic carbocycles. The van der Waals surface area contributed by atoms with Gasteiger partial charge >= 0.3 is 0 Å². The Morgan fingerprint density at radius 2 is 2.08 bits per heavy atom. The summed E-state index contributed by atoms with van der Waals surface area (Å²) < 4.78 is 3.98. The first-order chi connectivity index (χ1) is 5.74. The standard InChI is InChI=1S/C7H4Cl3NO/c8-6-2-1-5(4-11-12-10)7(9)3-6/h1-4H/b11-4+. The van der Waals surface area contributed by atoms with E-state index in [9.17, 15) is 0 Å². The van der Waals surface area contributed by atoms with Crippen LogP contribution in [0.4, 0.5) is 0 Å². The van der Waals surface area contributed by atoms with Crippen LogP contribution in [0.5, 0.6) is 0 Å². The minimum Gasteiger partial charge on any atom is -0.277 e. The van der Waals surface area contributed by atoms with Crippen LogP contribution in [0, 0.1) is 0 Å². The number of halogens is 3. The summed E-state index contributed by atoms with van der Waals surface area (Å²) in [6.45, 7) is 0. The molecule has 0 bridgehead atoms. The summed E-state index contributed by atoms with van der Waals surface area (Å²) >= 11 is 16.3. The summed E-state index contributed by atoms with van der Waals surface area (Å²) in [4.78, 5) is 0. The third kappa shape index (κ3) is 2.55. The third-order valence-corrected chi connectivity index (χ3v) is 1.84. The van der Waals surface area contributed by atoms with Crippen molar-refractivity contribution in [2.24, 2.45) is 5.16 Å². The van der Waals surface area contributed by atoms with Crippen LogP contribution in [-0.4, -0.2) is 6.21 Å². The van der Waals surface area contributed by atoms with Crippen LogP contribution in [-0.2, 0) is 4.39 Å². The van der Waals surface area contributed by atoms with Crippen molar-refractivity contribution in [3.05, 3.63) is 33.8 Å². The number of hydrogen-bond donors (Lipinski definition) is 0. The van der Waals surface area contributed by atoms with Crippen LogP contribution in [0.3, 0.4) is 0 Å². The second-order valence-corrected chi connectivity index (χ2v) is 2.95. The van der Waals surface area contributed by atoms with Gasteiger partial charge in [0.2, 0.25) is 0 Å². The van der Waals surface area contributed by atoms with Gasteiger partial charge in [0.1, 0.15) is 0 Å². The molecule has 0 spiro atoms. The van der Waals surface area contributed by atoms with Gasteiger partial charge in [-0.15, -0.1) is 0 Å². The first-order valence-corrected chi connectivity index (χ1v) is 4.06. The van der Waals surface area contributed by atoms with Crippen LogP contribution < -0.4 is 0 Å². The molecular formula is C7H4Cl3NO. The molecule has 1 aromatic carbocycles. The Balaban J connectivity index is 2.94. The fourth-order valence-corrected chi connectivity index (χ4v) is 1.18. The van der Waals surface area contributed by atoms with E-state index in [2.05, 4.69) is 9.55 Å². The van der Waals surface area contributed by atoms with Crippen molar-refractivity contribution in [3.63, 3.8) is 0 Å². The Labute approximate surface area is 84.8 Å². The molecule has 0 unspecified atom stereocenters. The zero-order chi connectivity index (χ0) is 8.97. The van der Waals surface area contributed by atoms with Gasteiger partial charge in [-0.25, -0.2) is 0 Å². The van der Waals surface area contributed by atoms with Gasteiger partial charge in [-0.05, 0) is 12.1 Å². The molecule has 1 rings (SSSR count). The van der Waals surface area contributed by atoms with Crippen LogP contribution in [0.15, 0.2) is 23.4 Å². The van der Waals surface area contributed by atoms with Crippen LogP contribution in [0.1, 0.15) is 5.56 Å². The Morgan fingerprint density at radius 3 is 2.67 bits per heavy atom. The van der Waals surface area contributed by atoms with E-state index >= 15 is 0 Å². The summed E-state index contributed by atoms with van der Waals surface area (Å²) in [5, 5.41) is 4.42. The minimum absolute atomic E-state index is 0.500. The lowest BCUT2D eigenvalue weighted by Crippen LogP contribution is -1.82. The molecule has 0 atom stereocenters. The SMILES string of the molecule is ClO/N=C/c1ccc(Cl)cc1Cl. The smallest absolute Gasteiger partial charge is 0.167 e. The Kier molecular flexibility index (Phi) is 3.66. The molecule has 12 heavy (non-hydrogen) atoms. The highest BCUT2D eigenvalue weighted by molar-refractivity contribution is 6.36. The van der Waals surface area contributed by atoms with Gasteiger partial charge in [-0.2, -0.15) is 0 Å². The molecule has 0 radical (unpaired) electrons. The quantitative estimate of drug-likeness (QED) is 0.556. The lowest BCUT2D eigenvalue weighted by atomic mass is 10.2. The monoisotopic (exact) mass is 223 g/mol. The second kappa shape index (κ2) is 4.55. The molecule has 0 amide bonds. The van der Waals surface area contributed by atoms with E-state index in [1.165, 1.54) is 6.21 Å². The molecule has 0 fully saturated rings. The minimum atomic E-state index is 0.500. The average molecular weight is 224 g/mol. The normalized spacial score (nSPS) is 10.6. The highest BCUT2D eigenvalue weighted by atomic mass is 35.5. The van der Waals surface area contributed by atoms with Crippen molar-refractivity contribution >= 4 is 41.3 Å². The van der Waals surface area contributed by atoms with Gasteiger partial charge in [-0.1, -0.05) is 34.4 Å². The van der Waals surface area contributed by atoms with Gasteiger partial charge in [0.15, 0.2) is 11.9 Å². The van der Waals surface area contributed by atoms with Crippen molar-refractivity contribution in [1.29, 1.82) is 0 Å². The van der Waals surface area contributed by atoms with Gasteiger partial charge in [-0.3, -0.25) is 4.39 Å². The highest BCUT2D eigenvalue weighted by Crippen LogP contribution is 2.19. The van der Waals surface area contributed by atoms with E-state index in [-0.39, 0.29) is 0 Å². The van der Waals surface area contributed by atoms with Crippen molar-refractivity contribution < 1.29 is 4.39 Å². The molecule has 5 heteroatoms. The second-order valence-electron chi connectivity index (χ2n) is 1.97. The maximum absolute atomic E-state index is 5.79. The van der Waals surface area contributed by atoms with Crippen LogP contribution >= 0.6 is 35.1 Å². The topological polar surface area (TPSA) is 21.6 Å². The van der Waals surface area contributed by atoms with E-state index in [1.807, 2.05) is 0 Å². The van der Waals surface area contributed by atoms with E-state index < -0.39 is 0 Å². The number of oxime groups is 1. The van der Waals surface area contributed by atoms with Gasteiger partial charge in [0.05, 0.1) is 11.2 Å². The third-order valence-electron chi connectivity index (χ3n) is 1.19. The molecule has 2 nitrogen and oxygen atoms in total. The van der Waals surface area contributed by atoms with E-state index in [0.717, 1.165) is 0 Å². The Morgan fingerprint density at radius 1 is 1.33 bits per heavy atom. The molecule has 0 aliphatic rings. The molecule has 0 saturated heterocycles. The predicted molar refractivity (Wildman–Crippen MR) is 51.0 cm³/mol. The van der Waals surface area contributed by atoms with Crippen molar-refractivity contribution in [2.45, 2.75) is 0 Å². The summed E-state index contributed by atoms with van der Waals surface area (Å²) in [5.41, 5.74) is 0.696. The molecule has 0 heterocycles. The van der Waals surface area contributed by atoms with E-state index in [0.29, 0.717) is 15.6 Å². The average Bonchev–Trinajstić information content (AvgIpc) is 2.03. The van der Waals surface area contributed by atoms with Crippen LogP contribution in [0.2, 0.25) is 10.0 Å². The molecule has 0 aromatic heterocycles. The summed E-state index contributed by atoms with van der Waals surface area (Å²) in [5.74, 6) is 0. The lowest BCUT2D eigenvalue weighted by Gasteiger charge is -1.96. The van der Waals surface area contributed by atoms with E-state index in [4.69, 9.17) is 35.1 Å². The number of hydrogen-bond acceptors (Lipinski definition) is 2. The lowest BCUT2D eigenvalue weighted by molar-refractivity contribution is 0.383. The van der Waals surface area contributed by atoms with Gasteiger partial charge in [0.25, 0.3) is 0 Å². The zero-order valence-corrected chi connectivity index (χ0v) is 8.07. The Bertz CT molecular complexity index is 301. The van der Waals surface area contributed by atoms with Gasteiger partial charge in [0, 0.05) is 10.6 Å². The largest absolute Gasteiger partial charge is 0.277 e. The van der Waals surface area contributed by atoms with E-state index in [1.54, 1.807) is 18.2 Å².